The van der Waals surface area contributed by atoms with Crippen molar-refractivity contribution in [3.63, 3.8) is 0 Å². The molecule has 1 aromatic rings. The first-order chi connectivity index (χ1) is 8.57. The summed E-state index contributed by atoms with van der Waals surface area (Å²) in [6, 6.07) is 6.92. The van der Waals surface area contributed by atoms with Gasteiger partial charge in [-0.25, -0.2) is 8.42 Å². The molecule has 0 bridgehead atoms. The van der Waals surface area contributed by atoms with Crippen LogP contribution in [0.1, 0.15) is 12.8 Å². The zero-order valence-electron chi connectivity index (χ0n) is 10.3. The third-order valence-corrected chi connectivity index (χ3v) is 3.98. The second-order valence-electron chi connectivity index (χ2n) is 4.36. The standard InChI is InChI=1S/C13H17NO3S/c1-18(15,16)13-8-3-2-7-12(13)14-10-11-6-4-5-9-17-11/h2-3,5,7-9,11,14H,4,6,10H2,1H3. The van der Waals surface area contributed by atoms with Crippen LogP contribution in [0.3, 0.4) is 0 Å². The maximum absolute atomic E-state index is 11.6. The minimum Gasteiger partial charge on any atom is -0.497 e. The summed E-state index contributed by atoms with van der Waals surface area (Å²) in [6.45, 7) is 0.608. The highest BCUT2D eigenvalue weighted by Crippen LogP contribution is 2.21. The normalized spacial score (nSPS) is 19.3. The minimum atomic E-state index is -3.20. The molecule has 4 nitrogen and oxygen atoms in total. The smallest absolute Gasteiger partial charge is 0.177 e. The maximum Gasteiger partial charge on any atom is 0.177 e. The highest BCUT2D eigenvalue weighted by atomic mass is 32.2. The molecule has 1 N–H and O–H groups in total. The molecule has 1 aromatic carbocycles. The second kappa shape index (κ2) is 5.44. The molecule has 98 valence electrons. The molecule has 0 amide bonds. The van der Waals surface area contributed by atoms with E-state index in [2.05, 4.69) is 5.32 Å². The van der Waals surface area contributed by atoms with Gasteiger partial charge in [0.05, 0.1) is 23.4 Å². The first kappa shape index (κ1) is 13.0. The van der Waals surface area contributed by atoms with Crippen molar-refractivity contribution in [3.05, 3.63) is 36.6 Å². The van der Waals surface area contributed by atoms with Gasteiger partial charge in [0.15, 0.2) is 9.84 Å². The Kier molecular flexibility index (Phi) is 3.91. The molecule has 18 heavy (non-hydrogen) atoms. The van der Waals surface area contributed by atoms with E-state index < -0.39 is 9.84 Å². The molecule has 0 aromatic heterocycles. The third-order valence-electron chi connectivity index (χ3n) is 2.83. The molecule has 1 heterocycles. The average Bonchev–Trinajstić information content (AvgIpc) is 2.37. The fraction of sp³-hybridized carbons (Fsp3) is 0.385. The Labute approximate surface area is 108 Å². The van der Waals surface area contributed by atoms with Crippen LogP contribution in [0.15, 0.2) is 41.5 Å². The number of allylic oxidation sites excluding steroid dienone is 1. The van der Waals surface area contributed by atoms with Crippen molar-refractivity contribution >= 4 is 15.5 Å². The van der Waals surface area contributed by atoms with Gasteiger partial charge >= 0.3 is 0 Å². The number of para-hydroxylation sites is 1. The predicted molar refractivity (Wildman–Crippen MR) is 71.3 cm³/mol. The van der Waals surface area contributed by atoms with E-state index in [1.807, 2.05) is 12.1 Å². The fourth-order valence-corrected chi connectivity index (χ4v) is 2.76. The van der Waals surface area contributed by atoms with Gasteiger partial charge in [-0.1, -0.05) is 12.1 Å². The van der Waals surface area contributed by atoms with Gasteiger partial charge in [-0.15, -0.1) is 0 Å². The summed E-state index contributed by atoms with van der Waals surface area (Å²) in [7, 11) is -3.20. The van der Waals surface area contributed by atoms with E-state index in [9.17, 15) is 8.42 Å². The lowest BCUT2D eigenvalue weighted by atomic mass is 10.1. The highest BCUT2D eigenvalue weighted by molar-refractivity contribution is 7.90. The topological polar surface area (TPSA) is 55.4 Å². The van der Waals surface area contributed by atoms with E-state index in [1.54, 1.807) is 24.5 Å². The number of anilines is 1. The van der Waals surface area contributed by atoms with Crippen LogP contribution in [-0.4, -0.2) is 27.3 Å². The molecule has 0 aliphatic carbocycles. The molecule has 2 rings (SSSR count). The number of nitrogens with one attached hydrogen (secondary N) is 1. The number of hydrogen-bond acceptors (Lipinski definition) is 4. The van der Waals surface area contributed by atoms with E-state index in [0.717, 1.165) is 12.8 Å². The van der Waals surface area contributed by atoms with Crippen LogP contribution in [0.5, 0.6) is 0 Å². The summed E-state index contributed by atoms with van der Waals surface area (Å²) in [5.41, 5.74) is 0.637. The Morgan fingerprint density at radius 3 is 2.83 bits per heavy atom. The first-order valence-electron chi connectivity index (χ1n) is 5.91. The number of ether oxygens (including phenoxy) is 1. The number of benzene rings is 1. The van der Waals surface area contributed by atoms with Crippen molar-refractivity contribution in [3.8, 4) is 0 Å². The van der Waals surface area contributed by atoms with Crippen LogP contribution >= 0.6 is 0 Å². The molecule has 5 heteroatoms. The Bertz CT molecular complexity index is 537. The molecule has 1 aliphatic heterocycles. The molecular formula is C13H17NO3S. The largest absolute Gasteiger partial charge is 0.497 e. The lowest BCUT2D eigenvalue weighted by Crippen LogP contribution is -2.23. The van der Waals surface area contributed by atoms with Crippen molar-refractivity contribution < 1.29 is 13.2 Å². The first-order valence-corrected chi connectivity index (χ1v) is 7.80. The van der Waals surface area contributed by atoms with E-state index in [-0.39, 0.29) is 6.10 Å². The average molecular weight is 267 g/mol. The van der Waals surface area contributed by atoms with Crippen molar-refractivity contribution in [1.29, 1.82) is 0 Å². The van der Waals surface area contributed by atoms with Crippen LogP contribution in [0.2, 0.25) is 0 Å². The van der Waals surface area contributed by atoms with Gasteiger partial charge in [-0.3, -0.25) is 0 Å². The molecular weight excluding hydrogens is 250 g/mol. The lowest BCUT2D eigenvalue weighted by molar-refractivity contribution is 0.135. The Morgan fingerprint density at radius 1 is 1.39 bits per heavy atom. The van der Waals surface area contributed by atoms with Gasteiger partial charge in [0, 0.05) is 6.26 Å². The molecule has 0 saturated heterocycles. The molecule has 0 radical (unpaired) electrons. The summed E-state index contributed by atoms with van der Waals surface area (Å²) < 4.78 is 28.7. The van der Waals surface area contributed by atoms with E-state index >= 15 is 0 Å². The van der Waals surface area contributed by atoms with Crippen LogP contribution < -0.4 is 5.32 Å². The molecule has 1 unspecified atom stereocenters. The summed E-state index contributed by atoms with van der Waals surface area (Å²) in [6.07, 6.45) is 6.96. The van der Waals surface area contributed by atoms with Crippen molar-refractivity contribution in [1.82, 2.24) is 0 Å². The third kappa shape index (κ3) is 3.26. The molecule has 0 saturated carbocycles. The minimum absolute atomic E-state index is 0.0996. The van der Waals surface area contributed by atoms with Crippen LogP contribution in [0, 0.1) is 0 Å². The monoisotopic (exact) mass is 267 g/mol. The number of sulfone groups is 1. The van der Waals surface area contributed by atoms with Crippen molar-refractivity contribution in [2.45, 2.75) is 23.8 Å². The zero-order chi connectivity index (χ0) is 13.0. The summed E-state index contributed by atoms with van der Waals surface area (Å²) >= 11 is 0. The van der Waals surface area contributed by atoms with Gasteiger partial charge in [-0.2, -0.15) is 0 Å². The second-order valence-corrected chi connectivity index (χ2v) is 6.34. The van der Waals surface area contributed by atoms with Crippen LogP contribution in [0.25, 0.3) is 0 Å². The van der Waals surface area contributed by atoms with Gasteiger partial charge in [0.1, 0.15) is 6.10 Å². The maximum atomic E-state index is 11.6. The van der Waals surface area contributed by atoms with Gasteiger partial charge in [-0.05, 0) is 31.1 Å². The van der Waals surface area contributed by atoms with E-state index in [4.69, 9.17) is 4.74 Å². The Balaban J connectivity index is 2.07. The SMILES string of the molecule is CS(=O)(=O)c1ccccc1NCC1CCC=CO1. The quantitative estimate of drug-likeness (QED) is 0.908. The van der Waals surface area contributed by atoms with Crippen LogP contribution in [-0.2, 0) is 14.6 Å². The van der Waals surface area contributed by atoms with Gasteiger partial charge in [0.2, 0.25) is 0 Å². The number of hydrogen-bond donors (Lipinski definition) is 1. The molecule has 1 aliphatic rings. The molecule has 0 spiro atoms. The summed E-state index contributed by atoms with van der Waals surface area (Å²) in [5.74, 6) is 0. The fourth-order valence-electron chi connectivity index (χ4n) is 1.89. The lowest BCUT2D eigenvalue weighted by Gasteiger charge is -2.21. The number of rotatable bonds is 4. The van der Waals surface area contributed by atoms with E-state index in [0.29, 0.717) is 17.1 Å². The molecule has 1 atom stereocenters. The van der Waals surface area contributed by atoms with Crippen LogP contribution in [0.4, 0.5) is 5.69 Å². The zero-order valence-corrected chi connectivity index (χ0v) is 11.1. The summed E-state index contributed by atoms with van der Waals surface area (Å²) in [4.78, 5) is 0.330. The molecule has 0 fully saturated rings. The Morgan fingerprint density at radius 2 is 2.17 bits per heavy atom. The van der Waals surface area contributed by atoms with Gasteiger partial charge in [0.25, 0.3) is 0 Å². The summed E-state index contributed by atoms with van der Waals surface area (Å²) in [5, 5.41) is 3.15. The van der Waals surface area contributed by atoms with E-state index in [1.165, 1.54) is 6.26 Å². The predicted octanol–water partition coefficient (Wildman–Crippen LogP) is 2.19. The Hall–Kier alpha value is -1.49. The van der Waals surface area contributed by atoms with Gasteiger partial charge < -0.3 is 10.1 Å². The van der Waals surface area contributed by atoms with Crippen molar-refractivity contribution in [2.75, 3.05) is 18.1 Å². The highest BCUT2D eigenvalue weighted by Gasteiger charge is 2.15. The van der Waals surface area contributed by atoms with Crippen molar-refractivity contribution in [2.24, 2.45) is 0 Å².